The Labute approximate surface area is 158 Å². The summed E-state index contributed by atoms with van der Waals surface area (Å²) in [5, 5.41) is 12.2. The van der Waals surface area contributed by atoms with Crippen LogP contribution in [0, 0.1) is 11.6 Å². The van der Waals surface area contributed by atoms with Crippen molar-refractivity contribution in [2.75, 3.05) is 0 Å². The molecule has 3 aromatic rings. The van der Waals surface area contributed by atoms with E-state index in [0.29, 0.717) is 0 Å². The Hall–Kier alpha value is -3.62. The van der Waals surface area contributed by atoms with Crippen molar-refractivity contribution in [3.8, 4) is 0 Å². The van der Waals surface area contributed by atoms with E-state index in [4.69, 9.17) is 0 Å². The van der Waals surface area contributed by atoms with Crippen LogP contribution in [0.5, 0.6) is 0 Å². The molecule has 0 aliphatic rings. The molecule has 7 nitrogen and oxygen atoms in total. The summed E-state index contributed by atoms with van der Waals surface area (Å²) < 4.78 is 26.8. The van der Waals surface area contributed by atoms with Gasteiger partial charge >= 0.3 is 5.56 Å². The Bertz CT molecular complexity index is 1070. The zero-order valence-electron chi connectivity index (χ0n) is 14.9. The number of hydrogen-bond donors (Lipinski definition) is 2. The van der Waals surface area contributed by atoms with Crippen LogP contribution in [-0.4, -0.2) is 27.2 Å². The second-order valence-electron chi connectivity index (χ2n) is 5.94. The molecule has 2 aromatic carbocycles. The zero-order chi connectivity index (χ0) is 20.1. The van der Waals surface area contributed by atoms with Gasteiger partial charge in [0, 0.05) is 12.1 Å². The highest BCUT2D eigenvalue weighted by Gasteiger charge is 2.17. The summed E-state index contributed by atoms with van der Waals surface area (Å²) in [4.78, 5) is 25.2. The first kappa shape index (κ1) is 19.2. The lowest BCUT2D eigenvalue weighted by atomic mass is 10.1. The molecule has 3 rings (SSSR count). The highest BCUT2D eigenvalue weighted by Crippen LogP contribution is 2.09. The van der Waals surface area contributed by atoms with Crippen LogP contribution >= 0.6 is 0 Å². The largest absolute Gasteiger partial charge is 0.346 e. The van der Waals surface area contributed by atoms with Crippen LogP contribution in [-0.2, 0) is 13.0 Å². The van der Waals surface area contributed by atoms with Crippen molar-refractivity contribution in [1.29, 1.82) is 0 Å². The maximum Gasteiger partial charge on any atom is 0.320 e. The normalized spacial score (nSPS) is 11.1. The van der Waals surface area contributed by atoms with E-state index in [1.165, 1.54) is 11.8 Å². The van der Waals surface area contributed by atoms with Crippen LogP contribution < -0.4 is 10.9 Å². The molecule has 144 valence electrons. The van der Waals surface area contributed by atoms with Crippen LogP contribution in [0.25, 0.3) is 0 Å². The van der Waals surface area contributed by atoms with Crippen LogP contribution in [0.15, 0.2) is 52.4 Å². The van der Waals surface area contributed by atoms with Crippen molar-refractivity contribution in [2.45, 2.75) is 19.9 Å². The first-order valence-electron chi connectivity index (χ1n) is 8.50. The number of hydrogen-bond acceptors (Lipinski definition) is 4. The number of benzene rings is 2. The fourth-order valence-electron chi connectivity index (χ4n) is 2.42. The van der Waals surface area contributed by atoms with Gasteiger partial charge in [0.15, 0.2) is 0 Å². The van der Waals surface area contributed by atoms with Gasteiger partial charge in [0.25, 0.3) is 5.91 Å². The van der Waals surface area contributed by atoms with Crippen molar-refractivity contribution < 1.29 is 13.6 Å². The van der Waals surface area contributed by atoms with Crippen molar-refractivity contribution in [3.05, 3.63) is 86.8 Å². The summed E-state index contributed by atoms with van der Waals surface area (Å²) in [7, 11) is 0. The highest BCUT2D eigenvalue weighted by molar-refractivity contribution is 5.91. The van der Waals surface area contributed by atoms with Crippen LogP contribution in [0.3, 0.4) is 0 Å². The number of H-pyrrole nitrogens is 1. The molecule has 0 bridgehead atoms. The molecule has 28 heavy (non-hydrogen) atoms. The molecule has 0 radical (unpaired) electrons. The van der Waals surface area contributed by atoms with Crippen molar-refractivity contribution >= 4 is 12.1 Å². The average molecular weight is 385 g/mol. The van der Waals surface area contributed by atoms with E-state index in [9.17, 15) is 18.4 Å². The number of carbonyl (C=O) groups excluding carboxylic acids is 1. The van der Waals surface area contributed by atoms with Crippen molar-refractivity contribution in [2.24, 2.45) is 5.10 Å². The smallest absolute Gasteiger partial charge is 0.320 e. The third-order valence-corrected chi connectivity index (χ3v) is 4.02. The summed E-state index contributed by atoms with van der Waals surface area (Å²) in [5.41, 5.74) is 0.697. The number of carbonyl (C=O) groups is 1. The van der Waals surface area contributed by atoms with Gasteiger partial charge in [-0.2, -0.15) is 10.3 Å². The molecule has 0 saturated heterocycles. The molecule has 0 aliphatic carbocycles. The lowest BCUT2D eigenvalue weighted by molar-refractivity contribution is 0.0944. The summed E-state index contributed by atoms with van der Waals surface area (Å²) >= 11 is 0. The SMILES string of the molecule is CCc1ccc(C=Nn2[nH]nc(C(=O)NCc3cc(F)ccc3F)c2=O)cc1. The first-order chi connectivity index (χ1) is 13.5. The number of aryl methyl sites for hydroxylation is 1. The average Bonchev–Trinajstić information content (AvgIpc) is 3.07. The Morgan fingerprint density at radius 2 is 2.00 bits per heavy atom. The maximum absolute atomic E-state index is 13.6. The number of nitrogens with one attached hydrogen (secondary N) is 2. The van der Waals surface area contributed by atoms with Gasteiger partial charge in [-0.25, -0.2) is 8.78 Å². The molecule has 1 heterocycles. The molecule has 9 heteroatoms. The summed E-state index contributed by atoms with van der Waals surface area (Å²) in [6, 6.07) is 10.5. The van der Waals surface area contributed by atoms with Gasteiger partial charge in [-0.15, -0.1) is 9.89 Å². The minimum absolute atomic E-state index is 0.0437. The third kappa shape index (κ3) is 4.37. The van der Waals surface area contributed by atoms with E-state index in [0.717, 1.165) is 35.0 Å². The topological polar surface area (TPSA) is 92.1 Å². The van der Waals surface area contributed by atoms with Gasteiger partial charge in [0.1, 0.15) is 11.6 Å². The number of nitrogens with zero attached hydrogens (tertiary/aromatic N) is 3. The van der Waals surface area contributed by atoms with E-state index in [1.54, 1.807) is 0 Å². The van der Waals surface area contributed by atoms with Gasteiger partial charge in [-0.05, 0) is 35.7 Å². The second kappa shape index (κ2) is 8.38. The summed E-state index contributed by atoms with van der Waals surface area (Å²) in [6.45, 7) is 1.75. The number of amides is 1. The minimum Gasteiger partial charge on any atom is -0.346 e. The predicted octanol–water partition coefficient (Wildman–Crippen LogP) is 2.22. The second-order valence-corrected chi connectivity index (χ2v) is 5.94. The van der Waals surface area contributed by atoms with Gasteiger partial charge in [0.2, 0.25) is 5.69 Å². The molecule has 0 saturated carbocycles. The van der Waals surface area contributed by atoms with Gasteiger partial charge < -0.3 is 5.32 Å². The Morgan fingerprint density at radius 1 is 1.25 bits per heavy atom. The lowest BCUT2D eigenvalue weighted by Gasteiger charge is -2.04. The number of rotatable bonds is 6. The fourth-order valence-corrected chi connectivity index (χ4v) is 2.42. The van der Waals surface area contributed by atoms with Gasteiger partial charge in [0.05, 0.1) is 6.21 Å². The van der Waals surface area contributed by atoms with E-state index in [1.807, 2.05) is 31.2 Å². The standard InChI is InChI=1S/C19H17F2N5O2/c1-2-12-3-5-13(6-4-12)10-23-26-19(28)17(24-25-26)18(27)22-11-14-9-15(20)7-8-16(14)21/h3-10,25H,2,11H2,1H3,(H,22,27). The molecule has 0 spiro atoms. The lowest BCUT2D eigenvalue weighted by Crippen LogP contribution is -2.29. The molecule has 1 amide bonds. The molecule has 1 aromatic heterocycles. The molecule has 0 unspecified atom stereocenters. The van der Waals surface area contributed by atoms with Crippen LogP contribution in [0.4, 0.5) is 8.78 Å². The first-order valence-corrected chi connectivity index (χ1v) is 8.50. The molecule has 0 aliphatic heterocycles. The van der Waals surface area contributed by atoms with E-state index >= 15 is 0 Å². The van der Waals surface area contributed by atoms with Crippen LogP contribution in [0.2, 0.25) is 0 Å². The summed E-state index contributed by atoms with van der Waals surface area (Å²) in [6.07, 6.45) is 2.36. The third-order valence-electron chi connectivity index (χ3n) is 4.02. The van der Waals surface area contributed by atoms with Gasteiger partial charge in [-0.1, -0.05) is 31.2 Å². The maximum atomic E-state index is 13.6. The highest BCUT2D eigenvalue weighted by atomic mass is 19.1. The van der Waals surface area contributed by atoms with E-state index in [2.05, 4.69) is 20.7 Å². The molecular weight excluding hydrogens is 368 g/mol. The number of aromatic nitrogens is 3. The molecule has 0 fully saturated rings. The Balaban J connectivity index is 1.69. The van der Waals surface area contributed by atoms with Crippen molar-refractivity contribution in [3.63, 3.8) is 0 Å². The Kier molecular flexibility index (Phi) is 5.73. The molecular formula is C19H17F2N5O2. The quantitative estimate of drug-likeness (QED) is 0.638. The Morgan fingerprint density at radius 3 is 2.71 bits per heavy atom. The summed E-state index contributed by atoms with van der Waals surface area (Å²) in [5.74, 6) is -2.12. The molecule has 2 N–H and O–H groups in total. The number of aromatic amines is 1. The zero-order valence-corrected chi connectivity index (χ0v) is 14.9. The fraction of sp³-hybridized carbons (Fsp3) is 0.158. The van der Waals surface area contributed by atoms with E-state index in [-0.39, 0.29) is 12.1 Å². The minimum atomic E-state index is -0.828. The number of halogens is 2. The van der Waals surface area contributed by atoms with E-state index < -0.39 is 28.8 Å². The van der Waals surface area contributed by atoms with Gasteiger partial charge in [-0.3, -0.25) is 9.59 Å². The van der Waals surface area contributed by atoms with Crippen molar-refractivity contribution in [1.82, 2.24) is 20.4 Å². The predicted molar refractivity (Wildman–Crippen MR) is 99.2 cm³/mol. The molecule has 0 atom stereocenters. The monoisotopic (exact) mass is 385 g/mol. The van der Waals surface area contributed by atoms with Crippen LogP contribution in [0.1, 0.15) is 34.1 Å².